The predicted molar refractivity (Wildman–Crippen MR) is 78.7 cm³/mol. The third-order valence-electron chi connectivity index (χ3n) is 3.99. The van der Waals surface area contributed by atoms with Gasteiger partial charge in [0, 0.05) is 6.04 Å². The van der Waals surface area contributed by atoms with Crippen molar-refractivity contribution in [1.82, 2.24) is 5.32 Å². The number of para-hydroxylation sites is 1. The number of ether oxygens (including phenoxy) is 1. The van der Waals surface area contributed by atoms with Gasteiger partial charge in [-0.1, -0.05) is 30.4 Å². The summed E-state index contributed by atoms with van der Waals surface area (Å²) in [5.74, 6) is 1.72. The highest BCUT2D eigenvalue weighted by Crippen LogP contribution is 2.35. The third-order valence-corrected chi connectivity index (χ3v) is 3.99. The minimum atomic E-state index is 0.637. The van der Waals surface area contributed by atoms with Gasteiger partial charge in [-0.25, -0.2) is 0 Å². The molecule has 0 spiro atoms. The largest absolute Gasteiger partial charge is 0.493 e. The summed E-state index contributed by atoms with van der Waals surface area (Å²) < 4.78 is 5.70. The Morgan fingerprint density at radius 3 is 2.95 bits per heavy atom. The molecule has 1 N–H and O–H groups in total. The molecule has 1 fully saturated rings. The molecule has 2 heteroatoms. The van der Waals surface area contributed by atoms with Crippen molar-refractivity contribution in [3.8, 4) is 5.75 Å². The SMILES string of the molecule is C(=C\CC1CCOc2ccccc21)/CCNC1CC1. The van der Waals surface area contributed by atoms with E-state index in [1.54, 1.807) is 0 Å². The Morgan fingerprint density at radius 2 is 2.05 bits per heavy atom. The van der Waals surface area contributed by atoms with Crippen molar-refractivity contribution in [1.29, 1.82) is 0 Å². The first kappa shape index (κ1) is 12.7. The van der Waals surface area contributed by atoms with Crippen LogP contribution < -0.4 is 10.1 Å². The maximum atomic E-state index is 5.70. The Bertz CT molecular complexity index is 437. The number of hydrogen-bond acceptors (Lipinski definition) is 2. The highest BCUT2D eigenvalue weighted by molar-refractivity contribution is 5.38. The van der Waals surface area contributed by atoms with E-state index in [0.29, 0.717) is 5.92 Å². The number of benzene rings is 1. The Hall–Kier alpha value is -1.28. The minimum absolute atomic E-state index is 0.637. The number of hydrogen-bond donors (Lipinski definition) is 1. The lowest BCUT2D eigenvalue weighted by Crippen LogP contribution is -2.16. The zero-order valence-electron chi connectivity index (χ0n) is 11.5. The summed E-state index contributed by atoms with van der Waals surface area (Å²) in [6, 6.07) is 9.30. The molecule has 0 amide bonds. The Labute approximate surface area is 115 Å². The summed E-state index contributed by atoms with van der Waals surface area (Å²) in [7, 11) is 0. The van der Waals surface area contributed by atoms with E-state index < -0.39 is 0 Å². The minimum Gasteiger partial charge on any atom is -0.493 e. The van der Waals surface area contributed by atoms with E-state index >= 15 is 0 Å². The van der Waals surface area contributed by atoms with Crippen molar-refractivity contribution in [2.24, 2.45) is 0 Å². The second-order valence-electron chi connectivity index (χ2n) is 5.60. The fraction of sp³-hybridized carbons (Fsp3) is 0.529. The van der Waals surface area contributed by atoms with Crippen LogP contribution in [0.2, 0.25) is 0 Å². The van der Waals surface area contributed by atoms with Gasteiger partial charge in [0.15, 0.2) is 0 Å². The molecule has 102 valence electrons. The van der Waals surface area contributed by atoms with Crippen LogP contribution in [0, 0.1) is 0 Å². The van der Waals surface area contributed by atoms with Gasteiger partial charge in [0.25, 0.3) is 0 Å². The summed E-state index contributed by atoms with van der Waals surface area (Å²) >= 11 is 0. The zero-order valence-corrected chi connectivity index (χ0v) is 11.5. The molecule has 2 aliphatic rings. The van der Waals surface area contributed by atoms with Gasteiger partial charge >= 0.3 is 0 Å². The molecule has 0 aromatic heterocycles. The summed E-state index contributed by atoms with van der Waals surface area (Å²) in [6.07, 6.45) is 10.9. The summed E-state index contributed by atoms with van der Waals surface area (Å²) in [5.41, 5.74) is 1.38. The normalized spacial score (nSPS) is 22.2. The van der Waals surface area contributed by atoms with Gasteiger partial charge in [0.1, 0.15) is 5.75 Å². The van der Waals surface area contributed by atoms with Crippen LogP contribution in [0.4, 0.5) is 0 Å². The monoisotopic (exact) mass is 257 g/mol. The van der Waals surface area contributed by atoms with E-state index in [9.17, 15) is 0 Å². The van der Waals surface area contributed by atoms with Crippen LogP contribution in [0.5, 0.6) is 5.75 Å². The molecule has 1 aromatic rings. The second-order valence-corrected chi connectivity index (χ2v) is 5.60. The lowest BCUT2D eigenvalue weighted by Gasteiger charge is -2.24. The highest BCUT2D eigenvalue weighted by atomic mass is 16.5. The topological polar surface area (TPSA) is 21.3 Å². The van der Waals surface area contributed by atoms with E-state index in [2.05, 4.69) is 41.7 Å². The van der Waals surface area contributed by atoms with Crippen molar-refractivity contribution in [2.75, 3.05) is 13.2 Å². The maximum absolute atomic E-state index is 5.70. The summed E-state index contributed by atoms with van der Waals surface area (Å²) in [4.78, 5) is 0. The van der Waals surface area contributed by atoms with E-state index in [-0.39, 0.29) is 0 Å². The molecule has 3 rings (SSSR count). The molecular formula is C17H23NO. The summed E-state index contributed by atoms with van der Waals surface area (Å²) in [6.45, 7) is 1.99. The van der Waals surface area contributed by atoms with Gasteiger partial charge in [-0.05, 0) is 56.2 Å². The fourth-order valence-electron chi connectivity index (χ4n) is 2.70. The van der Waals surface area contributed by atoms with Crippen molar-refractivity contribution in [2.45, 2.75) is 44.1 Å². The number of rotatable bonds is 6. The van der Waals surface area contributed by atoms with Gasteiger partial charge in [0.2, 0.25) is 0 Å². The van der Waals surface area contributed by atoms with E-state index in [0.717, 1.165) is 44.2 Å². The molecule has 19 heavy (non-hydrogen) atoms. The molecule has 0 saturated heterocycles. The molecule has 1 unspecified atom stereocenters. The van der Waals surface area contributed by atoms with Gasteiger partial charge in [-0.15, -0.1) is 0 Å². The average molecular weight is 257 g/mol. The molecular weight excluding hydrogens is 234 g/mol. The van der Waals surface area contributed by atoms with Crippen LogP contribution in [-0.2, 0) is 0 Å². The van der Waals surface area contributed by atoms with E-state index in [1.165, 1.54) is 18.4 Å². The molecule has 0 bridgehead atoms. The van der Waals surface area contributed by atoms with Crippen molar-refractivity contribution in [3.05, 3.63) is 42.0 Å². The molecule has 1 atom stereocenters. The van der Waals surface area contributed by atoms with Gasteiger partial charge in [-0.3, -0.25) is 0 Å². The first-order valence-corrected chi connectivity index (χ1v) is 7.53. The second kappa shape index (κ2) is 6.25. The van der Waals surface area contributed by atoms with E-state index in [1.807, 2.05) is 0 Å². The Morgan fingerprint density at radius 1 is 1.16 bits per heavy atom. The van der Waals surface area contributed by atoms with Crippen molar-refractivity contribution >= 4 is 0 Å². The number of allylic oxidation sites excluding steroid dienone is 1. The lowest BCUT2D eigenvalue weighted by molar-refractivity contribution is 0.267. The maximum Gasteiger partial charge on any atom is 0.122 e. The van der Waals surface area contributed by atoms with Crippen LogP contribution in [-0.4, -0.2) is 19.2 Å². The molecule has 1 aromatic carbocycles. The quantitative estimate of drug-likeness (QED) is 0.620. The van der Waals surface area contributed by atoms with E-state index in [4.69, 9.17) is 4.74 Å². The van der Waals surface area contributed by atoms with Crippen LogP contribution >= 0.6 is 0 Å². The third kappa shape index (κ3) is 3.60. The predicted octanol–water partition coefficient (Wildman–Crippen LogP) is 3.64. The summed E-state index contributed by atoms with van der Waals surface area (Å²) in [5, 5.41) is 3.54. The smallest absolute Gasteiger partial charge is 0.122 e. The highest BCUT2D eigenvalue weighted by Gasteiger charge is 2.20. The molecule has 1 saturated carbocycles. The first-order valence-electron chi connectivity index (χ1n) is 7.53. The molecule has 0 radical (unpaired) electrons. The lowest BCUT2D eigenvalue weighted by atomic mass is 9.90. The molecule has 2 nitrogen and oxygen atoms in total. The van der Waals surface area contributed by atoms with Crippen LogP contribution in [0.1, 0.15) is 43.6 Å². The van der Waals surface area contributed by atoms with Crippen LogP contribution in [0.25, 0.3) is 0 Å². The van der Waals surface area contributed by atoms with Crippen molar-refractivity contribution < 1.29 is 4.74 Å². The van der Waals surface area contributed by atoms with Crippen molar-refractivity contribution in [3.63, 3.8) is 0 Å². The number of fused-ring (bicyclic) bond motifs is 1. The molecule has 1 aliphatic heterocycles. The molecule has 1 heterocycles. The van der Waals surface area contributed by atoms with Gasteiger partial charge in [0.05, 0.1) is 6.61 Å². The van der Waals surface area contributed by atoms with Crippen LogP contribution in [0.3, 0.4) is 0 Å². The average Bonchev–Trinajstić information content (AvgIpc) is 3.27. The van der Waals surface area contributed by atoms with Crippen LogP contribution in [0.15, 0.2) is 36.4 Å². The number of nitrogens with one attached hydrogen (secondary N) is 1. The van der Waals surface area contributed by atoms with Gasteiger partial charge in [-0.2, -0.15) is 0 Å². The Balaban J connectivity index is 1.46. The molecule has 1 aliphatic carbocycles. The Kier molecular flexibility index (Phi) is 4.19. The first-order chi connectivity index (χ1) is 9.43. The fourth-order valence-corrected chi connectivity index (χ4v) is 2.70. The zero-order chi connectivity index (χ0) is 12.9. The van der Waals surface area contributed by atoms with Gasteiger partial charge < -0.3 is 10.1 Å². The standard InChI is InChI=1S/C17H23NO/c1(5-12-18-15-9-10-15)2-6-14-11-13-19-17-8-4-3-7-16(14)17/h1-4,7-8,14-15,18H,5-6,9-13H2/b2-1+.